The van der Waals surface area contributed by atoms with Gasteiger partial charge in [-0.3, -0.25) is 5.32 Å². The third kappa shape index (κ3) is 1.35. The SMILES string of the molecule is CCC1NC(=O)Nc2sc(N)cc21. The van der Waals surface area contributed by atoms with Crippen molar-refractivity contribution in [2.24, 2.45) is 0 Å². The lowest BCUT2D eigenvalue weighted by Crippen LogP contribution is -2.36. The fraction of sp³-hybridized carbons (Fsp3) is 0.375. The molecular weight excluding hydrogens is 186 g/mol. The minimum atomic E-state index is -0.138. The standard InChI is InChI=1S/C8H11N3OS/c1-2-5-4-3-6(9)13-7(4)11-8(12)10-5/h3,5H,2,9H2,1H3,(H2,10,11,12). The van der Waals surface area contributed by atoms with E-state index in [9.17, 15) is 4.79 Å². The molecule has 4 N–H and O–H groups in total. The van der Waals surface area contributed by atoms with E-state index >= 15 is 0 Å². The molecule has 13 heavy (non-hydrogen) atoms. The third-order valence-corrected chi connectivity index (χ3v) is 2.99. The van der Waals surface area contributed by atoms with Crippen molar-refractivity contribution in [3.8, 4) is 0 Å². The van der Waals surface area contributed by atoms with Gasteiger partial charge in [-0.05, 0) is 12.5 Å². The fourth-order valence-electron chi connectivity index (χ4n) is 1.48. The molecule has 70 valence electrons. The van der Waals surface area contributed by atoms with Gasteiger partial charge >= 0.3 is 6.03 Å². The highest BCUT2D eigenvalue weighted by atomic mass is 32.1. The Labute approximate surface area is 80.1 Å². The monoisotopic (exact) mass is 197 g/mol. The Balaban J connectivity index is 2.42. The Morgan fingerprint density at radius 3 is 3.15 bits per heavy atom. The molecule has 4 nitrogen and oxygen atoms in total. The van der Waals surface area contributed by atoms with Crippen molar-refractivity contribution >= 4 is 27.4 Å². The maximum absolute atomic E-state index is 11.1. The Morgan fingerprint density at radius 1 is 1.69 bits per heavy atom. The number of carbonyl (C=O) groups excluding carboxylic acids is 1. The predicted octanol–water partition coefficient (Wildman–Crippen LogP) is 1.92. The van der Waals surface area contributed by atoms with Gasteiger partial charge in [0.25, 0.3) is 0 Å². The highest BCUT2D eigenvalue weighted by molar-refractivity contribution is 7.20. The van der Waals surface area contributed by atoms with E-state index in [0.29, 0.717) is 0 Å². The maximum atomic E-state index is 11.1. The summed E-state index contributed by atoms with van der Waals surface area (Å²) in [5.41, 5.74) is 6.76. The summed E-state index contributed by atoms with van der Waals surface area (Å²) in [6, 6.07) is 1.89. The van der Waals surface area contributed by atoms with Crippen LogP contribution >= 0.6 is 11.3 Å². The first-order chi connectivity index (χ1) is 6.20. The number of rotatable bonds is 1. The van der Waals surface area contributed by atoms with Crippen molar-refractivity contribution in [3.05, 3.63) is 11.6 Å². The Bertz CT molecular complexity index is 347. The second-order valence-corrected chi connectivity index (χ2v) is 4.08. The second kappa shape index (κ2) is 2.92. The molecule has 1 aromatic rings. The normalized spacial score (nSPS) is 20.4. The second-order valence-electron chi connectivity index (χ2n) is 2.99. The fourth-order valence-corrected chi connectivity index (χ4v) is 2.36. The van der Waals surface area contributed by atoms with Crippen LogP contribution in [0.4, 0.5) is 14.8 Å². The lowest BCUT2D eigenvalue weighted by atomic mass is 10.1. The first kappa shape index (κ1) is 8.37. The molecule has 0 bridgehead atoms. The van der Waals surface area contributed by atoms with Crippen LogP contribution in [0.25, 0.3) is 0 Å². The molecule has 1 aromatic heterocycles. The van der Waals surface area contributed by atoms with Gasteiger partial charge in [-0.2, -0.15) is 0 Å². The van der Waals surface area contributed by atoms with E-state index in [0.717, 1.165) is 22.0 Å². The molecule has 0 spiro atoms. The minimum Gasteiger partial charge on any atom is -0.391 e. The quantitative estimate of drug-likeness (QED) is 0.643. The number of anilines is 2. The van der Waals surface area contributed by atoms with Gasteiger partial charge in [0.05, 0.1) is 11.0 Å². The summed E-state index contributed by atoms with van der Waals surface area (Å²) in [5, 5.41) is 7.20. The van der Waals surface area contributed by atoms with Gasteiger partial charge in [0.2, 0.25) is 0 Å². The molecule has 0 radical (unpaired) electrons. The molecule has 1 atom stereocenters. The summed E-state index contributed by atoms with van der Waals surface area (Å²) >= 11 is 1.42. The largest absolute Gasteiger partial charge is 0.391 e. The average molecular weight is 197 g/mol. The van der Waals surface area contributed by atoms with Crippen LogP contribution in [0.5, 0.6) is 0 Å². The molecule has 0 saturated carbocycles. The topological polar surface area (TPSA) is 67.2 Å². The number of nitrogens with two attached hydrogens (primary N) is 1. The van der Waals surface area contributed by atoms with Crippen LogP contribution < -0.4 is 16.4 Å². The molecule has 1 unspecified atom stereocenters. The van der Waals surface area contributed by atoms with Crippen molar-refractivity contribution in [3.63, 3.8) is 0 Å². The molecule has 0 aromatic carbocycles. The summed E-state index contributed by atoms with van der Waals surface area (Å²) in [6.45, 7) is 2.04. The van der Waals surface area contributed by atoms with E-state index in [1.165, 1.54) is 11.3 Å². The smallest absolute Gasteiger partial charge is 0.320 e. The Kier molecular flexibility index (Phi) is 1.88. The summed E-state index contributed by atoms with van der Waals surface area (Å²) in [4.78, 5) is 11.1. The van der Waals surface area contributed by atoms with Gasteiger partial charge in [-0.1, -0.05) is 6.92 Å². The van der Waals surface area contributed by atoms with E-state index in [1.54, 1.807) is 0 Å². The first-order valence-electron chi connectivity index (χ1n) is 4.17. The van der Waals surface area contributed by atoms with Crippen LogP contribution in [0.15, 0.2) is 6.07 Å². The van der Waals surface area contributed by atoms with E-state index < -0.39 is 0 Å². The number of urea groups is 1. The molecule has 1 aliphatic heterocycles. The Hall–Kier alpha value is -1.23. The van der Waals surface area contributed by atoms with E-state index in [1.807, 2.05) is 13.0 Å². The lowest BCUT2D eigenvalue weighted by Gasteiger charge is -2.22. The highest BCUT2D eigenvalue weighted by Gasteiger charge is 2.24. The van der Waals surface area contributed by atoms with Crippen molar-refractivity contribution in [2.75, 3.05) is 11.1 Å². The summed E-state index contributed by atoms with van der Waals surface area (Å²) in [7, 11) is 0. The zero-order valence-corrected chi connectivity index (χ0v) is 8.07. The third-order valence-electron chi connectivity index (χ3n) is 2.10. The van der Waals surface area contributed by atoms with Gasteiger partial charge in [-0.15, -0.1) is 11.3 Å². The van der Waals surface area contributed by atoms with Crippen LogP contribution in [-0.4, -0.2) is 6.03 Å². The number of carbonyl (C=O) groups is 1. The molecule has 2 amide bonds. The number of nitrogen functional groups attached to an aromatic ring is 1. The number of hydrogen-bond donors (Lipinski definition) is 3. The zero-order chi connectivity index (χ0) is 9.42. The Morgan fingerprint density at radius 2 is 2.46 bits per heavy atom. The van der Waals surface area contributed by atoms with E-state index in [2.05, 4.69) is 10.6 Å². The maximum Gasteiger partial charge on any atom is 0.320 e. The number of fused-ring (bicyclic) bond motifs is 1. The van der Waals surface area contributed by atoms with E-state index in [-0.39, 0.29) is 12.1 Å². The minimum absolute atomic E-state index is 0.109. The van der Waals surface area contributed by atoms with Gasteiger partial charge in [-0.25, -0.2) is 4.79 Å². The van der Waals surface area contributed by atoms with Crippen LogP contribution in [0.2, 0.25) is 0 Å². The predicted molar refractivity (Wildman–Crippen MR) is 53.9 cm³/mol. The number of hydrogen-bond acceptors (Lipinski definition) is 3. The van der Waals surface area contributed by atoms with Crippen LogP contribution in [0, 0.1) is 0 Å². The van der Waals surface area contributed by atoms with Gasteiger partial charge in [0.15, 0.2) is 0 Å². The first-order valence-corrected chi connectivity index (χ1v) is 4.99. The molecule has 1 aliphatic rings. The molecule has 0 fully saturated rings. The van der Waals surface area contributed by atoms with Crippen molar-refractivity contribution < 1.29 is 4.79 Å². The van der Waals surface area contributed by atoms with Crippen molar-refractivity contribution in [1.29, 1.82) is 0 Å². The summed E-state index contributed by atoms with van der Waals surface area (Å²) in [5.74, 6) is 0. The van der Waals surface area contributed by atoms with Gasteiger partial charge in [0, 0.05) is 5.56 Å². The number of nitrogens with one attached hydrogen (secondary N) is 2. The van der Waals surface area contributed by atoms with Crippen LogP contribution in [0.3, 0.4) is 0 Å². The van der Waals surface area contributed by atoms with Crippen molar-refractivity contribution in [1.82, 2.24) is 5.32 Å². The number of thiophene rings is 1. The lowest BCUT2D eigenvalue weighted by molar-refractivity contribution is 0.247. The van der Waals surface area contributed by atoms with Gasteiger partial charge in [0.1, 0.15) is 5.00 Å². The van der Waals surface area contributed by atoms with E-state index in [4.69, 9.17) is 5.73 Å². The summed E-state index contributed by atoms with van der Waals surface area (Å²) in [6.07, 6.45) is 0.886. The summed E-state index contributed by atoms with van der Waals surface area (Å²) < 4.78 is 0. The molecule has 2 heterocycles. The zero-order valence-electron chi connectivity index (χ0n) is 7.26. The number of amides is 2. The molecule has 2 rings (SSSR count). The highest BCUT2D eigenvalue weighted by Crippen LogP contribution is 2.37. The molecular formula is C8H11N3OS. The van der Waals surface area contributed by atoms with Crippen LogP contribution in [-0.2, 0) is 0 Å². The average Bonchev–Trinajstić information content (AvgIpc) is 2.43. The molecule has 0 aliphatic carbocycles. The molecule has 0 saturated heterocycles. The van der Waals surface area contributed by atoms with Crippen LogP contribution in [0.1, 0.15) is 24.9 Å². The van der Waals surface area contributed by atoms with Crippen molar-refractivity contribution in [2.45, 2.75) is 19.4 Å². The van der Waals surface area contributed by atoms with Gasteiger partial charge < -0.3 is 11.1 Å². The molecule has 5 heteroatoms.